The van der Waals surface area contributed by atoms with Crippen LogP contribution in [0.25, 0.3) is 0 Å². The van der Waals surface area contributed by atoms with Gasteiger partial charge in [0.05, 0.1) is 24.1 Å². The van der Waals surface area contributed by atoms with Crippen molar-refractivity contribution in [2.45, 2.75) is 50.3 Å². The molecule has 1 aromatic carbocycles. The highest BCUT2D eigenvalue weighted by atomic mass is 32.2. The second kappa shape index (κ2) is 9.95. The number of ketones is 1. The molecule has 178 valence electrons. The first-order chi connectivity index (χ1) is 15.8. The number of anilines is 1. The number of esters is 1. The number of nitrogens with zero attached hydrogens (tertiary/aromatic N) is 1. The Balaban J connectivity index is 1.50. The molecule has 1 aliphatic heterocycles. The summed E-state index contributed by atoms with van der Waals surface area (Å²) < 4.78 is 32.6. The van der Waals surface area contributed by atoms with Crippen LogP contribution >= 0.6 is 11.3 Å². The van der Waals surface area contributed by atoms with Gasteiger partial charge in [-0.15, -0.1) is 11.3 Å². The minimum Gasteiger partial charge on any atom is -0.465 e. The van der Waals surface area contributed by atoms with Crippen LogP contribution in [0.2, 0.25) is 0 Å². The smallest absolute Gasteiger partial charge is 0.341 e. The molecule has 1 N–H and O–H groups in total. The molecule has 1 fully saturated rings. The van der Waals surface area contributed by atoms with Crippen LogP contribution in [0.4, 0.5) is 5.00 Å². The molecule has 0 atom stereocenters. The number of hydrogen-bond acceptors (Lipinski definition) is 7. The van der Waals surface area contributed by atoms with E-state index in [-0.39, 0.29) is 17.2 Å². The first-order valence-corrected chi connectivity index (χ1v) is 13.7. The van der Waals surface area contributed by atoms with Gasteiger partial charge < -0.3 is 10.1 Å². The number of benzene rings is 1. The van der Waals surface area contributed by atoms with Crippen LogP contribution in [0.1, 0.15) is 63.8 Å². The average Bonchev–Trinajstić information content (AvgIpc) is 3.21. The van der Waals surface area contributed by atoms with Crippen LogP contribution in [0.15, 0.2) is 29.2 Å². The molecule has 1 aliphatic carbocycles. The molecule has 9 heteroatoms. The van der Waals surface area contributed by atoms with Crippen molar-refractivity contribution in [2.75, 3.05) is 32.1 Å². The molecule has 4 rings (SSSR count). The second-order valence-electron chi connectivity index (χ2n) is 8.80. The fourth-order valence-corrected chi connectivity index (χ4v) is 7.26. The molecule has 1 saturated heterocycles. The van der Waals surface area contributed by atoms with Gasteiger partial charge in [-0.1, -0.05) is 19.1 Å². The van der Waals surface area contributed by atoms with Crippen LogP contribution in [-0.2, 0) is 27.6 Å². The number of Topliss-reactive ketones (excluding diaryl/α,β-unsaturated/α-hetero) is 1. The molecule has 0 spiro atoms. The summed E-state index contributed by atoms with van der Waals surface area (Å²) in [6, 6.07) is 6.23. The van der Waals surface area contributed by atoms with Gasteiger partial charge in [0, 0.05) is 23.5 Å². The number of methoxy groups -OCH3 is 1. The van der Waals surface area contributed by atoms with Crippen LogP contribution in [0.5, 0.6) is 0 Å². The highest BCUT2D eigenvalue weighted by molar-refractivity contribution is 7.89. The third kappa shape index (κ3) is 5.00. The zero-order valence-corrected chi connectivity index (χ0v) is 20.7. The van der Waals surface area contributed by atoms with Gasteiger partial charge in [-0.2, -0.15) is 4.31 Å². The van der Waals surface area contributed by atoms with Crippen molar-refractivity contribution in [2.24, 2.45) is 5.92 Å². The van der Waals surface area contributed by atoms with Crippen LogP contribution < -0.4 is 5.32 Å². The van der Waals surface area contributed by atoms with Crippen LogP contribution in [0.3, 0.4) is 0 Å². The van der Waals surface area contributed by atoms with E-state index in [4.69, 9.17) is 4.74 Å². The lowest BCUT2D eigenvalue weighted by Gasteiger charge is -2.29. The van der Waals surface area contributed by atoms with Crippen molar-refractivity contribution in [3.8, 4) is 0 Å². The molecular weight excluding hydrogens is 460 g/mol. The predicted molar refractivity (Wildman–Crippen MR) is 129 cm³/mol. The number of thiophene rings is 1. The van der Waals surface area contributed by atoms with E-state index in [1.165, 1.54) is 33.7 Å². The number of nitrogens with one attached hydrogen (secondary N) is 1. The first kappa shape index (κ1) is 23.9. The van der Waals surface area contributed by atoms with Crippen molar-refractivity contribution in [1.29, 1.82) is 0 Å². The third-order valence-electron chi connectivity index (χ3n) is 6.51. The van der Waals surface area contributed by atoms with Crippen LogP contribution in [-0.4, -0.2) is 51.2 Å². The largest absolute Gasteiger partial charge is 0.465 e. The highest BCUT2D eigenvalue weighted by Crippen LogP contribution is 2.38. The van der Waals surface area contributed by atoms with Gasteiger partial charge in [-0.25, -0.2) is 13.2 Å². The molecule has 2 aliphatic rings. The lowest BCUT2D eigenvalue weighted by atomic mass is 9.95. The minimum absolute atomic E-state index is 0.0336. The Morgan fingerprint density at radius 2 is 1.91 bits per heavy atom. The lowest BCUT2D eigenvalue weighted by molar-refractivity contribution is 0.0600. The van der Waals surface area contributed by atoms with Crippen molar-refractivity contribution in [3.63, 3.8) is 0 Å². The van der Waals surface area contributed by atoms with E-state index in [9.17, 15) is 18.0 Å². The Morgan fingerprint density at radius 3 is 2.64 bits per heavy atom. The van der Waals surface area contributed by atoms with Gasteiger partial charge in [0.15, 0.2) is 5.78 Å². The third-order valence-corrected chi connectivity index (χ3v) is 9.65. The fraction of sp³-hybridized carbons (Fsp3) is 0.500. The maximum atomic E-state index is 13.1. The van der Waals surface area contributed by atoms with Crippen molar-refractivity contribution in [1.82, 2.24) is 4.31 Å². The maximum Gasteiger partial charge on any atom is 0.341 e. The normalized spacial score (nSPS) is 17.4. The number of piperidine rings is 1. The molecular formula is C24H30N2O5S2. The predicted octanol–water partition coefficient (Wildman–Crippen LogP) is 4.13. The Kier molecular flexibility index (Phi) is 7.21. The molecule has 2 aromatic rings. The highest BCUT2D eigenvalue weighted by Gasteiger charge is 2.29. The summed E-state index contributed by atoms with van der Waals surface area (Å²) in [6.07, 6.45) is 5.56. The first-order valence-electron chi connectivity index (χ1n) is 11.4. The quantitative estimate of drug-likeness (QED) is 0.463. The van der Waals surface area contributed by atoms with E-state index < -0.39 is 16.0 Å². The van der Waals surface area contributed by atoms with E-state index in [0.717, 1.165) is 44.1 Å². The number of ether oxygens (including phenoxy) is 1. The number of aryl methyl sites for hydroxylation is 1. The summed E-state index contributed by atoms with van der Waals surface area (Å²) in [7, 11) is -2.27. The number of hydrogen-bond donors (Lipinski definition) is 1. The van der Waals surface area contributed by atoms with Gasteiger partial charge in [0.1, 0.15) is 5.00 Å². The Bertz CT molecular complexity index is 1150. The SMILES string of the molecule is COC(=O)c1c(NCC(=O)c2cccc(S(=O)(=O)N3CCC(C)CC3)c2)sc2c1CCCC2. The van der Waals surface area contributed by atoms with Crippen LogP contribution in [0, 0.1) is 5.92 Å². The molecule has 2 heterocycles. The number of carbonyl (C=O) groups is 2. The number of sulfonamides is 1. The molecule has 33 heavy (non-hydrogen) atoms. The number of rotatable bonds is 7. The average molecular weight is 491 g/mol. The maximum absolute atomic E-state index is 13.1. The summed E-state index contributed by atoms with van der Waals surface area (Å²) >= 11 is 1.50. The molecule has 7 nitrogen and oxygen atoms in total. The second-order valence-corrected chi connectivity index (χ2v) is 11.8. The molecule has 0 radical (unpaired) electrons. The van der Waals surface area contributed by atoms with Gasteiger partial charge in [0.25, 0.3) is 0 Å². The van der Waals surface area contributed by atoms with Crippen molar-refractivity contribution < 1.29 is 22.7 Å². The summed E-state index contributed by atoms with van der Waals surface area (Å²) in [4.78, 5) is 26.6. The Morgan fingerprint density at radius 1 is 1.18 bits per heavy atom. The Hall–Kier alpha value is -2.23. The van der Waals surface area contributed by atoms with E-state index >= 15 is 0 Å². The molecule has 0 saturated carbocycles. The summed E-state index contributed by atoms with van der Waals surface area (Å²) in [5, 5.41) is 3.77. The van der Waals surface area contributed by atoms with Crippen molar-refractivity contribution in [3.05, 3.63) is 45.8 Å². The minimum atomic E-state index is -3.63. The van der Waals surface area contributed by atoms with Gasteiger partial charge in [-0.05, 0) is 62.1 Å². The molecule has 1 aromatic heterocycles. The van der Waals surface area contributed by atoms with Gasteiger partial charge >= 0.3 is 5.97 Å². The van der Waals surface area contributed by atoms with E-state index in [2.05, 4.69) is 12.2 Å². The molecule has 0 amide bonds. The monoisotopic (exact) mass is 490 g/mol. The standard InChI is InChI=1S/C24H30N2O5S2/c1-16-10-12-26(13-11-16)33(29,30)18-7-5-6-17(14-18)20(27)15-25-23-22(24(28)31-2)19-8-3-4-9-21(19)32-23/h5-7,14,16,25H,3-4,8-13,15H2,1-2H3. The number of fused-ring (bicyclic) bond motifs is 1. The summed E-state index contributed by atoms with van der Waals surface area (Å²) in [6.45, 7) is 3.10. The molecule has 0 unspecified atom stereocenters. The number of carbonyl (C=O) groups excluding carboxylic acids is 2. The zero-order valence-electron chi connectivity index (χ0n) is 19.1. The van der Waals surface area contributed by atoms with Crippen molar-refractivity contribution >= 4 is 38.1 Å². The summed E-state index contributed by atoms with van der Waals surface area (Å²) in [5.41, 5.74) is 1.88. The molecule has 0 bridgehead atoms. The van der Waals surface area contributed by atoms with Gasteiger partial charge in [0.2, 0.25) is 10.0 Å². The van der Waals surface area contributed by atoms with Gasteiger partial charge in [-0.3, -0.25) is 4.79 Å². The summed E-state index contributed by atoms with van der Waals surface area (Å²) in [5.74, 6) is -0.108. The van der Waals surface area contributed by atoms with E-state index in [0.29, 0.717) is 35.1 Å². The lowest BCUT2D eigenvalue weighted by Crippen LogP contribution is -2.37. The van der Waals surface area contributed by atoms with E-state index in [1.807, 2.05) is 0 Å². The fourth-order valence-electron chi connectivity index (χ4n) is 4.48. The zero-order chi connectivity index (χ0) is 23.6. The Labute approximate surface area is 199 Å². The van der Waals surface area contributed by atoms with E-state index in [1.54, 1.807) is 18.2 Å². The topological polar surface area (TPSA) is 92.8 Å².